The fourth-order valence-corrected chi connectivity index (χ4v) is 2.71. The van der Waals surface area contributed by atoms with E-state index in [-0.39, 0.29) is 6.42 Å². The highest BCUT2D eigenvalue weighted by Crippen LogP contribution is 2.36. The second-order valence-corrected chi connectivity index (χ2v) is 4.75. The lowest BCUT2D eigenvalue weighted by atomic mass is 10.4. The average Bonchev–Trinajstić information content (AvgIpc) is 2.63. The molecule has 0 aromatic carbocycles. The van der Waals surface area contributed by atoms with Gasteiger partial charge in [-0.15, -0.1) is 0 Å². The molecule has 0 radical (unpaired) electrons. The molecule has 12 heavy (non-hydrogen) atoms. The van der Waals surface area contributed by atoms with E-state index in [1.54, 1.807) is 6.92 Å². The normalized spacial score (nSPS) is 28.4. The van der Waals surface area contributed by atoms with Gasteiger partial charge >= 0.3 is 5.97 Å². The Labute approximate surface area is 70.8 Å². The van der Waals surface area contributed by atoms with Crippen LogP contribution < -0.4 is 4.72 Å². The van der Waals surface area contributed by atoms with Crippen molar-refractivity contribution in [3.63, 3.8) is 0 Å². The van der Waals surface area contributed by atoms with Gasteiger partial charge in [0.2, 0.25) is 10.0 Å². The molecule has 0 bridgehead atoms. The Morgan fingerprint density at radius 1 is 1.67 bits per heavy atom. The van der Waals surface area contributed by atoms with E-state index < -0.39 is 27.2 Å². The quantitative estimate of drug-likeness (QED) is 0.624. The zero-order chi connectivity index (χ0) is 9.35. The molecule has 0 heterocycles. The molecule has 2 N–H and O–H groups in total. The lowest BCUT2D eigenvalue weighted by Gasteiger charge is -2.00. The van der Waals surface area contributed by atoms with Crippen LogP contribution in [0.4, 0.5) is 0 Å². The smallest absolute Gasteiger partial charge is 0.307 e. The van der Waals surface area contributed by atoms with E-state index in [9.17, 15) is 13.2 Å². The van der Waals surface area contributed by atoms with E-state index in [1.165, 1.54) is 0 Å². The van der Waals surface area contributed by atoms with E-state index in [0.29, 0.717) is 6.54 Å². The summed E-state index contributed by atoms with van der Waals surface area (Å²) in [7, 11) is -3.36. The molecule has 1 saturated carbocycles. The summed E-state index contributed by atoms with van der Waals surface area (Å²) in [4.78, 5) is 10.3. The second-order valence-electron chi connectivity index (χ2n) is 2.76. The molecular formula is C6H11NO4S. The maximum atomic E-state index is 11.1. The minimum atomic E-state index is -3.36. The van der Waals surface area contributed by atoms with Crippen molar-refractivity contribution in [2.24, 2.45) is 5.92 Å². The van der Waals surface area contributed by atoms with Crippen molar-refractivity contribution in [1.29, 1.82) is 0 Å². The van der Waals surface area contributed by atoms with Gasteiger partial charge < -0.3 is 5.11 Å². The van der Waals surface area contributed by atoms with Crippen molar-refractivity contribution in [2.45, 2.75) is 18.6 Å². The van der Waals surface area contributed by atoms with Gasteiger partial charge in [0.15, 0.2) is 0 Å². The third kappa shape index (κ3) is 1.75. The second kappa shape index (κ2) is 3.02. The summed E-state index contributed by atoms with van der Waals surface area (Å²) in [6, 6.07) is 0. The summed E-state index contributed by atoms with van der Waals surface area (Å²) >= 11 is 0. The maximum Gasteiger partial charge on any atom is 0.307 e. The summed E-state index contributed by atoms with van der Waals surface area (Å²) in [5.74, 6) is -1.73. The molecule has 5 nitrogen and oxygen atoms in total. The van der Waals surface area contributed by atoms with Gasteiger partial charge in [0.05, 0.1) is 11.2 Å². The Morgan fingerprint density at radius 3 is 2.58 bits per heavy atom. The van der Waals surface area contributed by atoms with Crippen LogP contribution in [-0.2, 0) is 14.8 Å². The van der Waals surface area contributed by atoms with Gasteiger partial charge in [-0.2, -0.15) is 0 Å². The van der Waals surface area contributed by atoms with Gasteiger partial charge in [-0.25, -0.2) is 13.1 Å². The molecule has 0 aromatic heterocycles. The van der Waals surface area contributed by atoms with Crippen LogP contribution in [0.5, 0.6) is 0 Å². The van der Waals surface area contributed by atoms with E-state index in [1.807, 2.05) is 0 Å². The standard InChI is InChI=1S/C6H11NO4S/c1-2-7-12(10,11)5-3-4(5)6(8)9/h4-5,7H,2-3H2,1H3,(H,8,9). The van der Waals surface area contributed by atoms with Gasteiger partial charge in [0.1, 0.15) is 0 Å². The first-order valence-electron chi connectivity index (χ1n) is 3.70. The largest absolute Gasteiger partial charge is 0.481 e. The molecule has 0 spiro atoms. The first kappa shape index (κ1) is 9.47. The van der Waals surface area contributed by atoms with Crippen molar-refractivity contribution in [1.82, 2.24) is 4.72 Å². The zero-order valence-electron chi connectivity index (χ0n) is 6.65. The van der Waals surface area contributed by atoms with Crippen molar-refractivity contribution in [3.05, 3.63) is 0 Å². The lowest BCUT2D eigenvalue weighted by molar-refractivity contribution is -0.138. The molecule has 0 amide bonds. The fourth-order valence-electron chi connectivity index (χ4n) is 1.08. The van der Waals surface area contributed by atoms with Crippen LogP contribution in [0.1, 0.15) is 13.3 Å². The number of rotatable bonds is 4. The van der Waals surface area contributed by atoms with Gasteiger partial charge in [-0.1, -0.05) is 6.92 Å². The number of sulfonamides is 1. The molecule has 1 aliphatic rings. The number of hydrogen-bond acceptors (Lipinski definition) is 3. The number of aliphatic carboxylic acids is 1. The molecule has 2 atom stereocenters. The third-order valence-electron chi connectivity index (χ3n) is 1.79. The van der Waals surface area contributed by atoms with Crippen molar-refractivity contribution in [2.75, 3.05) is 6.54 Å². The maximum absolute atomic E-state index is 11.1. The van der Waals surface area contributed by atoms with Gasteiger partial charge in [-0.05, 0) is 6.42 Å². The number of carboxylic acids is 1. The van der Waals surface area contributed by atoms with E-state index in [2.05, 4.69) is 4.72 Å². The summed E-state index contributed by atoms with van der Waals surface area (Å²) in [6.07, 6.45) is 0.241. The molecule has 1 rings (SSSR count). The SMILES string of the molecule is CCNS(=O)(=O)C1CC1C(=O)O. The highest BCUT2D eigenvalue weighted by Gasteiger charge is 2.51. The molecule has 0 aromatic rings. The van der Waals surface area contributed by atoms with Crippen LogP contribution in [0, 0.1) is 5.92 Å². The van der Waals surface area contributed by atoms with Crippen molar-refractivity contribution >= 4 is 16.0 Å². The Hall–Kier alpha value is -0.620. The summed E-state index contributed by atoms with van der Waals surface area (Å²) in [6.45, 7) is 1.97. The number of hydrogen-bond donors (Lipinski definition) is 2. The molecule has 0 saturated heterocycles. The predicted octanol–water partition coefficient (Wildman–Crippen LogP) is -0.601. The minimum absolute atomic E-state index is 0.241. The third-order valence-corrected chi connectivity index (χ3v) is 3.80. The van der Waals surface area contributed by atoms with E-state index in [0.717, 1.165) is 0 Å². The first-order chi connectivity index (χ1) is 5.49. The molecule has 1 fully saturated rings. The van der Waals surface area contributed by atoms with Gasteiger partial charge in [0, 0.05) is 6.54 Å². The Balaban J connectivity index is 2.58. The Morgan fingerprint density at radius 2 is 2.25 bits per heavy atom. The zero-order valence-corrected chi connectivity index (χ0v) is 7.47. The lowest BCUT2D eigenvalue weighted by Crippen LogP contribution is -2.28. The van der Waals surface area contributed by atoms with Crippen LogP contribution in [0.2, 0.25) is 0 Å². The molecule has 1 aliphatic carbocycles. The molecule has 6 heteroatoms. The van der Waals surface area contributed by atoms with Crippen LogP contribution in [0.3, 0.4) is 0 Å². The summed E-state index contributed by atoms with van der Waals surface area (Å²) < 4.78 is 24.5. The Bertz CT molecular complexity index is 284. The van der Waals surface area contributed by atoms with Gasteiger partial charge in [-0.3, -0.25) is 4.79 Å². The monoisotopic (exact) mass is 193 g/mol. The topological polar surface area (TPSA) is 83.5 Å². The first-order valence-corrected chi connectivity index (χ1v) is 5.25. The molecule has 0 aliphatic heterocycles. The average molecular weight is 193 g/mol. The van der Waals surface area contributed by atoms with Crippen LogP contribution in [0.25, 0.3) is 0 Å². The molecule has 70 valence electrons. The molecular weight excluding hydrogens is 182 g/mol. The van der Waals surface area contributed by atoms with E-state index >= 15 is 0 Å². The van der Waals surface area contributed by atoms with Crippen molar-refractivity contribution < 1.29 is 18.3 Å². The summed E-state index contributed by atoms with van der Waals surface area (Å²) in [5.41, 5.74) is 0. The van der Waals surface area contributed by atoms with Crippen molar-refractivity contribution in [3.8, 4) is 0 Å². The van der Waals surface area contributed by atoms with Gasteiger partial charge in [0.25, 0.3) is 0 Å². The Kier molecular flexibility index (Phi) is 2.39. The predicted molar refractivity (Wildman–Crippen MR) is 42.1 cm³/mol. The van der Waals surface area contributed by atoms with E-state index in [4.69, 9.17) is 5.11 Å². The van der Waals surface area contributed by atoms with Crippen LogP contribution >= 0.6 is 0 Å². The number of nitrogens with one attached hydrogen (secondary N) is 1. The fraction of sp³-hybridized carbons (Fsp3) is 0.833. The van der Waals surface area contributed by atoms with Crippen LogP contribution in [-0.4, -0.2) is 31.3 Å². The molecule has 2 unspecified atom stereocenters. The highest BCUT2D eigenvalue weighted by molar-refractivity contribution is 7.90. The highest BCUT2D eigenvalue weighted by atomic mass is 32.2. The number of carboxylic acid groups (broad SMARTS) is 1. The van der Waals surface area contributed by atoms with Crippen LogP contribution in [0.15, 0.2) is 0 Å². The number of carbonyl (C=O) groups is 1. The minimum Gasteiger partial charge on any atom is -0.481 e. The summed E-state index contributed by atoms with van der Waals surface area (Å²) in [5, 5.41) is 7.75.